The Morgan fingerprint density at radius 1 is 1.20 bits per heavy atom. The molecule has 0 unspecified atom stereocenters. The Labute approximate surface area is 201 Å². The van der Waals surface area contributed by atoms with Gasteiger partial charge in [-0.1, -0.05) is 19.0 Å². The highest BCUT2D eigenvalue weighted by Gasteiger charge is 2.27. The van der Waals surface area contributed by atoms with Crippen LogP contribution >= 0.6 is 0 Å². The molecule has 0 saturated heterocycles. The van der Waals surface area contributed by atoms with Gasteiger partial charge in [-0.05, 0) is 30.7 Å². The van der Waals surface area contributed by atoms with Gasteiger partial charge in [0.05, 0.1) is 24.0 Å². The van der Waals surface area contributed by atoms with Gasteiger partial charge >= 0.3 is 6.03 Å². The van der Waals surface area contributed by atoms with Gasteiger partial charge in [-0.25, -0.2) is 23.2 Å². The van der Waals surface area contributed by atoms with E-state index in [0.29, 0.717) is 47.4 Å². The van der Waals surface area contributed by atoms with Crippen molar-refractivity contribution in [3.8, 4) is 11.6 Å². The van der Waals surface area contributed by atoms with Gasteiger partial charge < -0.3 is 9.26 Å². The first-order valence-corrected chi connectivity index (χ1v) is 12.9. The van der Waals surface area contributed by atoms with E-state index < -0.39 is 10.0 Å². The van der Waals surface area contributed by atoms with E-state index in [4.69, 9.17) is 9.26 Å². The van der Waals surface area contributed by atoms with Crippen LogP contribution in [0.15, 0.2) is 47.4 Å². The van der Waals surface area contributed by atoms with Gasteiger partial charge in [0.25, 0.3) is 0 Å². The molecule has 1 aliphatic rings. The Bertz CT molecular complexity index is 1520. The molecule has 1 amide bonds. The van der Waals surface area contributed by atoms with Gasteiger partial charge in [0.1, 0.15) is 17.8 Å². The second kappa shape index (κ2) is 8.78. The summed E-state index contributed by atoms with van der Waals surface area (Å²) >= 11 is 0. The van der Waals surface area contributed by atoms with Crippen LogP contribution in [0, 0.1) is 0 Å². The highest BCUT2D eigenvalue weighted by Crippen LogP contribution is 2.31. The smallest absolute Gasteiger partial charge is 0.331 e. The maximum atomic E-state index is 12.8. The lowest BCUT2D eigenvalue weighted by molar-refractivity contribution is 0.254. The molecule has 1 N–H and O–H groups in total. The van der Waals surface area contributed by atoms with Gasteiger partial charge in [-0.2, -0.15) is 4.31 Å². The molecule has 35 heavy (non-hydrogen) atoms. The number of hydrogen-bond acceptors (Lipinski definition) is 8. The summed E-state index contributed by atoms with van der Waals surface area (Å²) in [6.45, 7) is 4.49. The standard InChI is InChI=1S/C23H24N6O5S/c1-14(2)20-11-21(27-34-20)26-23(30)29-9-6-15-10-16(4-5-19(15)29)33-22-17-7-8-28(35(3,31)32)12-18(17)24-13-25-22/h4-6,9-11,13-14H,7-8,12H2,1-3H3,(H,26,27,30). The fourth-order valence-electron chi connectivity index (χ4n) is 3.93. The molecule has 0 radical (unpaired) electrons. The van der Waals surface area contributed by atoms with Crippen molar-refractivity contribution >= 4 is 32.8 Å². The van der Waals surface area contributed by atoms with E-state index in [1.54, 1.807) is 24.4 Å². The molecule has 182 valence electrons. The number of ether oxygens (including phenoxy) is 1. The molecule has 0 fully saturated rings. The summed E-state index contributed by atoms with van der Waals surface area (Å²) in [4.78, 5) is 21.3. The maximum absolute atomic E-state index is 12.8. The lowest BCUT2D eigenvalue weighted by Crippen LogP contribution is -2.35. The Morgan fingerprint density at radius 3 is 2.77 bits per heavy atom. The first-order valence-electron chi connectivity index (χ1n) is 11.0. The minimum Gasteiger partial charge on any atom is -0.439 e. The van der Waals surface area contributed by atoms with E-state index in [1.807, 2.05) is 26.0 Å². The van der Waals surface area contributed by atoms with Crippen LogP contribution in [0.4, 0.5) is 10.6 Å². The molecule has 12 heteroatoms. The van der Waals surface area contributed by atoms with E-state index in [1.165, 1.54) is 21.5 Å². The molecule has 1 aliphatic heterocycles. The normalized spacial score (nSPS) is 14.3. The van der Waals surface area contributed by atoms with Crippen molar-refractivity contribution < 1.29 is 22.5 Å². The van der Waals surface area contributed by atoms with Crippen LogP contribution in [0.1, 0.15) is 36.8 Å². The van der Waals surface area contributed by atoms with Crippen LogP contribution in [-0.2, 0) is 23.0 Å². The lowest BCUT2D eigenvalue weighted by Gasteiger charge is -2.26. The van der Waals surface area contributed by atoms with Gasteiger partial charge in [-0.15, -0.1) is 0 Å². The van der Waals surface area contributed by atoms with E-state index in [2.05, 4.69) is 20.4 Å². The lowest BCUT2D eigenvalue weighted by atomic mass is 10.1. The molecule has 11 nitrogen and oxygen atoms in total. The summed E-state index contributed by atoms with van der Waals surface area (Å²) in [5.41, 5.74) is 2.11. The third-order valence-electron chi connectivity index (χ3n) is 5.83. The third kappa shape index (κ3) is 4.62. The summed E-state index contributed by atoms with van der Waals surface area (Å²) in [5.74, 6) is 2.14. The largest absolute Gasteiger partial charge is 0.439 e. The molecule has 0 aliphatic carbocycles. The summed E-state index contributed by atoms with van der Waals surface area (Å²) in [7, 11) is -3.30. The van der Waals surface area contributed by atoms with Gasteiger partial charge in [-0.3, -0.25) is 9.88 Å². The van der Waals surface area contributed by atoms with Crippen molar-refractivity contribution in [2.24, 2.45) is 0 Å². The molecule has 4 heterocycles. The van der Waals surface area contributed by atoms with Crippen LogP contribution < -0.4 is 10.1 Å². The first kappa shape index (κ1) is 23.0. The molecule has 4 aromatic rings. The zero-order valence-electron chi connectivity index (χ0n) is 19.4. The fraction of sp³-hybridized carbons (Fsp3) is 0.304. The monoisotopic (exact) mass is 496 g/mol. The summed E-state index contributed by atoms with van der Waals surface area (Å²) in [5, 5.41) is 7.43. The number of aromatic nitrogens is 4. The Hall–Kier alpha value is -3.77. The number of nitrogens with one attached hydrogen (secondary N) is 1. The van der Waals surface area contributed by atoms with Crippen LogP contribution in [0.2, 0.25) is 0 Å². The number of carbonyl (C=O) groups excluding carboxylic acids is 1. The van der Waals surface area contributed by atoms with Crippen LogP contribution in [0.25, 0.3) is 10.9 Å². The molecule has 5 rings (SSSR count). The van der Waals surface area contributed by atoms with E-state index in [9.17, 15) is 13.2 Å². The average molecular weight is 497 g/mol. The zero-order chi connectivity index (χ0) is 24.7. The van der Waals surface area contributed by atoms with Crippen molar-refractivity contribution in [1.82, 2.24) is 24.0 Å². The predicted molar refractivity (Wildman–Crippen MR) is 128 cm³/mol. The summed E-state index contributed by atoms with van der Waals surface area (Å²) < 4.78 is 37.9. The van der Waals surface area contributed by atoms with E-state index >= 15 is 0 Å². The molecule has 0 saturated carbocycles. The average Bonchev–Trinajstić information content (AvgIpc) is 3.45. The number of rotatable bonds is 5. The number of hydrogen-bond donors (Lipinski definition) is 1. The molecule has 0 atom stereocenters. The Kier molecular flexibility index (Phi) is 5.77. The predicted octanol–water partition coefficient (Wildman–Crippen LogP) is 3.73. The van der Waals surface area contributed by atoms with Crippen molar-refractivity contribution in [2.45, 2.75) is 32.7 Å². The van der Waals surface area contributed by atoms with Crippen molar-refractivity contribution in [3.63, 3.8) is 0 Å². The molecule has 0 spiro atoms. The number of benzene rings is 1. The molecule has 0 bridgehead atoms. The minimum atomic E-state index is -3.30. The van der Waals surface area contributed by atoms with Crippen molar-refractivity contribution in [1.29, 1.82) is 0 Å². The number of sulfonamides is 1. The quantitative estimate of drug-likeness (QED) is 0.442. The Morgan fingerprint density at radius 2 is 2.03 bits per heavy atom. The van der Waals surface area contributed by atoms with Crippen LogP contribution in [0.5, 0.6) is 11.6 Å². The van der Waals surface area contributed by atoms with Crippen LogP contribution in [0.3, 0.4) is 0 Å². The van der Waals surface area contributed by atoms with Crippen molar-refractivity contribution in [2.75, 3.05) is 18.1 Å². The topological polar surface area (TPSA) is 132 Å². The summed E-state index contributed by atoms with van der Waals surface area (Å²) in [6.07, 6.45) is 4.68. The maximum Gasteiger partial charge on any atom is 0.331 e. The van der Waals surface area contributed by atoms with E-state index in [0.717, 1.165) is 10.9 Å². The number of fused-ring (bicyclic) bond motifs is 2. The minimum absolute atomic E-state index is 0.165. The zero-order valence-corrected chi connectivity index (χ0v) is 20.2. The fourth-order valence-corrected chi connectivity index (χ4v) is 4.71. The first-order chi connectivity index (χ1) is 16.7. The number of anilines is 1. The van der Waals surface area contributed by atoms with Gasteiger partial charge in [0.15, 0.2) is 5.82 Å². The highest BCUT2D eigenvalue weighted by atomic mass is 32.2. The third-order valence-corrected chi connectivity index (χ3v) is 7.08. The van der Waals surface area contributed by atoms with Crippen molar-refractivity contribution in [3.05, 3.63) is 59.9 Å². The van der Waals surface area contributed by atoms with E-state index in [-0.39, 0.29) is 18.5 Å². The number of nitrogens with zero attached hydrogens (tertiary/aromatic N) is 5. The SMILES string of the molecule is CC(C)c1cc(NC(=O)n2ccc3cc(Oc4ncnc5c4CCN(S(C)(=O)=O)C5)ccc32)no1. The van der Waals surface area contributed by atoms with Gasteiger partial charge in [0.2, 0.25) is 15.9 Å². The number of amides is 1. The van der Waals surface area contributed by atoms with Crippen LogP contribution in [-0.4, -0.2) is 51.2 Å². The molecule has 1 aromatic carbocycles. The summed E-state index contributed by atoms with van der Waals surface area (Å²) in [6, 6.07) is 8.50. The second-order valence-electron chi connectivity index (χ2n) is 8.66. The molecule has 3 aromatic heterocycles. The second-order valence-corrected chi connectivity index (χ2v) is 10.6. The van der Waals surface area contributed by atoms with Gasteiger partial charge in [0, 0.05) is 35.7 Å². The number of carbonyl (C=O) groups is 1. The Balaban J connectivity index is 1.35. The molecular weight excluding hydrogens is 472 g/mol. The molecular formula is C23H24N6O5S. The highest BCUT2D eigenvalue weighted by molar-refractivity contribution is 7.88.